The summed E-state index contributed by atoms with van der Waals surface area (Å²) in [6, 6.07) is 5.59. The van der Waals surface area contributed by atoms with Crippen LogP contribution in [-0.4, -0.2) is 46.6 Å². The maximum absolute atomic E-state index is 12.0. The smallest absolute Gasteiger partial charge is 0.360 e. The van der Waals surface area contributed by atoms with Gasteiger partial charge in [-0.25, -0.2) is 9.31 Å². The Kier molecular flexibility index (Phi) is 4.75. The molecule has 0 saturated heterocycles. The highest BCUT2D eigenvalue weighted by molar-refractivity contribution is 5.89. The topological polar surface area (TPSA) is 87.8 Å². The molecule has 0 aliphatic rings. The summed E-state index contributed by atoms with van der Waals surface area (Å²) < 4.78 is 17.3. The normalized spacial score (nSPS) is 10.8. The lowest BCUT2D eigenvalue weighted by Gasteiger charge is -2.09. The second-order valence-corrected chi connectivity index (χ2v) is 5.62. The Morgan fingerprint density at radius 3 is 2.50 bits per heavy atom. The summed E-state index contributed by atoms with van der Waals surface area (Å²) in [6.07, 6.45) is 0. The molecule has 0 aliphatic heterocycles. The largest absolute Gasteiger partial charge is 0.493 e. The molecule has 0 unspecified atom stereocenters. The number of carbonyl (C=O) groups excluding carboxylic acids is 1. The summed E-state index contributed by atoms with van der Waals surface area (Å²) in [5.41, 5.74) is 3.73. The first-order valence-corrected chi connectivity index (χ1v) is 8.13. The molecule has 0 radical (unpaired) electrons. The van der Waals surface area contributed by atoms with E-state index < -0.39 is 5.97 Å². The first-order valence-electron chi connectivity index (χ1n) is 8.13. The number of carbonyl (C=O) groups is 1. The minimum Gasteiger partial charge on any atom is -0.493 e. The van der Waals surface area contributed by atoms with Crippen LogP contribution in [0, 0.1) is 13.8 Å². The van der Waals surface area contributed by atoms with Crippen LogP contribution < -0.4 is 9.47 Å². The molecule has 136 valence electrons. The van der Waals surface area contributed by atoms with Gasteiger partial charge in [0.05, 0.1) is 37.8 Å². The summed E-state index contributed by atoms with van der Waals surface area (Å²) in [4.78, 5) is 12.0. The van der Waals surface area contributed by atoms with Crippen molar-refractivity contribution < 1.29 is 19.0 Å². The molecule has 0 bridgehead atoms. The molecule has 8 nitrogen and oxygen atoms in total. The standard InChI is InChI=1S/C18H20N4O4/c1-6-26-18(23)16-11(3)22-17(20-19-16)15(10(2)21-22)12-7-8-13(24-4)14(9-12)25-5/h7-9H,6H2,1-5H3. The Labute approximate surface area is 150 Å². The van der Waals surface area contributed by atoms with Crippen molar-refractivity contribution in [2.45, 2.75) is 20.8 Å². The lowest BCUT2D eigenvalue weighted by atomic mass is 10.1. The van der Waals surface area contributed by atoms with Crippen molar-refractivity contribution in [1.82, 2.24) is 19.8 Å². The lowest BCUT2D eigenvalue weighted by Crippen LogP contribution is -2.14. The Balaban J connectivity index is 2.18. The second-order valence-electron chi connectivity index (χ2n) is 5.62. The molecule has 0 spiro atoms. The number of benzene rings is 1. The third-order valence-corrected chi connectivity index (χ3v) is 4.08. The van der Waals surface area contributed by atoms with E-state index in [1.165, 1.54) is 0 Å². The van der Waals surface area contributed by atoms with E-state index in [-0.39, 0.29) is 12.3 Å². The van der Waals surface area contributed by atoms with Crippen molar-refractivity contribution in [2.75, 3.05) is 20.8 Å². The molecular formula is C18H20N4O4. The van der Waals surface area contributed by atoms with Gasteiger partial charge in [-0.2, -0.15) is 5.10 Å². The summed E-state index contributed by atoms with van der Waals surface area (Å²) in [6.45, 7) is 5.66. The molecular weight excluding hydrogens is 336 g/mol. The van der Waals surface area contributed by atoms with Gasteiger partial charge in [-0.3, -0.25) is 0 Å². The molecule has 2 aromatic heterocycles. The number of nitrogens with zero attached hydrogens (tertiary/aromatic N) is 4. The number of methoxy groups -OCH3 is 2. The van der Waals surface area contributed by atoms with E-state index in [4.69, 9.17) is 14.2 Å². The molecule has 8 heteroatoms. The van der Waals surface area contributed by atoms with Crippen LogP contribution in [0.4, 0.5) is 0 Å². The third-order valence-electron chi connectivity index (χ3n) is 4.08. The highest BCUT2D eigenvalue weighted by atomic mass is 16.5. The molecule has 2 heterocycles. The van der Waals surface area contributed by atoms with Gasteiger partial charge < -0.3 is 14.2 Å². The van der Waals surface area contributed by atoms with Crippen LogP contribution in [0.1, 0.15) is 28.8 Å². The maximum atomic E-state index is 12.0. The molecule has 0 saturated carbocycles. The highest BCUT2D eigenvalue weighted by Crippen LogP contribution is 2.35. The van der Waals surface area contributed by atoms with Crippen molar-refractivity contribution in [1.29, 1.82) is 0 Å². The van der Waals surface area contributed by atoms with Crippen LogP contribution in [0.5, 0.6) is 11.5 Å². The fourth-order valence-electron chi connectivity index (χ4n) is 2.83. The van der Waals surface area contributed by atoms with Crippen LogP contribution in [0.2, 0.25) is 0 Å². The summed E-state index contributed by atoms with van der Waals surface area (Å²) in [7, 11) is 3.17. The number of aromatic nitrogens is 4. The molecule has 3 rings (SSSR count). The quantitative estimate of drug-likeness (QED) is 0.649. The van der Waals surface area contributed by atoms with Crippen LogP contribution in [0.15, 0.2) is 18.2 Å². The van der Waals surface area contributed by atoms with Gasteiger partial charge in [-0.05, 0) is 38.5 Å². The van der Waals surface area contributed by atoms with Gasteiger partial charge in [-0.1, -0.05) is 6.07 Å². The number of rotatable bonds is 5. The SMILES string of the molecule is CCOC(=O)c1nnc2c(-c3ccc(OC)c(OC)c3)c(C)nn2c1C. The zero-order valence-corrected chi connectivity index (χ0v) is 15.4. The first-order chi connectivity index (χ1) is 12.5. The molecule has 0 aliphatic carbocycles. The van der Waals surface area contributed by atoms with E-state index in [0.29, 0.717) is 22.8 Å². The van der Waals surface area contributed by atoms with E-state index in [1.807, 2.05) is 25.1 Å². The van der Waals surface area contributed by atoms with Crippen molar-refractivity contribution in [3.63, 3.8) is 0 Å². The van der Waals surface area contributed by atoms with Crippen LogP contribution in [0.25, 0.3) is 16.8 Å². The Morgan fingerprint density at radius 2 is 1.85 bits per heavy atom. The van der Waals surface area contributed by atoms with Gasteiger partial charge >= 0.3 is 5.97 Å². The van der Waals surface area contributed by atoms with Crippen LogP contribution >= 0.6 is 0 Å². The van der Waals surface area contributed by atoms with Gasteiger partial charge in [0, 0.05) is 0 Å². The minimum atomic E-state index is -0.514. The predicted molar refractivity (Wildman–Crippen MR) is 94.8 cm³/mol. The van der Waals surface area contributed by atoms with Gasteiger partial charge in [0.1, 0.15) is 0 Å². The monoisotopic (exact) mass is 356 g/mol. The first kappa shape index (κ1) is 17.7. The lowest BCUT2D eigenvalue weighted by molar-refractivity contribution is 0.0516. The number of ether oxygens (including phenoxy) is 3. The number of esters is 1. The Bertz CT molecular complexity index is 981. The zero-order chi connectivity index (χ0) is 18.8. The predicted octanol–water partition coefficient (Wildman–Crippen LogP) is 2.60. The van der Waals surface area contributed by atoms with Crippen molar-refractivity contribution in [3.8, 4) is 22.6 Å². The Morgan fingerprint density at radius 1 is 1.12 bits per heavy atom. The number of aryl methyl sites for hydroxylation is 2. The second kappa shape index (κ2) is 6.99. The summed E-state index contributed by atoms with van der Waals surface area (Å²) in [5.74, 6) is 0.731. The maximum Gasteiger partial charge on any atom is 0.360 e. The zero-order valence-electron chi connectivity index (χ0n) is 15.4. The molecule has 0 N–H and O–H groups in total. The molecule has 0 amide bonds. The highest BCUT2D eigenvalue weighted by Gasteiger charge is 2.21. The van der Waals surface area contributed by atoms with Gasteiger partial charge in [0.15, 0.2) is 22.8 Å². The fourth-order valence-corrected chi connectivity index (χ4v) is 2.83. The number of hydrogen-bond donors (Lipinski definition) is 0. The van der Waals surface area contributed by atoms with E-state index in [1.54, 1.807) is 32.6 Å². The summed E-state index contributed by atoms with van der Waals surface area (Å²) in [5, 5.41) is 12.8. The van der Waals surface area contributed by atoms with Gasteiger partial charge in [0.2, 0.25) is 0 Å². The van der Waals surface area contributed by atoms with E-state index in [9.17, 15) is 4.79 Å². The average molecular weight is 356 g/mol. The van der Waals surface area contributed by atoms with Crippen LogP contribution in [0.3, 0.4) is 0 Å². The fraction of sp³-hybridized carbons (Fsp3) is 0.333. The number of hydrogen-bond acceptors (Lipinski definition) is 7. The Hall–Kier alpha value is -3.16. The molecule has 1 aromatic carbocycles. The third kappa shape index (κ3) is 2.83. The summed E-state index contributed by atoms with van der Waals surface area (Å²) >= 11 is 0. The molecule has 3 aromatic rings. The molecule has 0 fully saturated rings. The molecule has 26 heavy (non-hydrogen) atoms. The van der Waals surface area contributed by atoms with E-state index in [0.717, 1.165) is 16.8 Å². The number of fused-ring (bicyclic) bond motifs is 1. The van der Waals surface area contributed by atoms with Gasteiger partial charge in [-0.15, -0.1) is 10.2 Å². The van der Waals surface area contributed by atoms with Crippen molar-refractivity contribution >= 4 is 11.6 Å². The average Bonchev–Trinajstić information content (AvgIpc) is 2.98. The van der Waals surface area contributed by atoms with Crippen LogP contribution in [-0.2, 0) is 4.74 Å². The minimum absolute atomic E-state index is 0.153. The van der Waals surface area contributed by atoms with Crippen molar-refractivity contribution in [2.24, 2.45) is 0 Å². The van der Waals surface area contributed by atoms with Crippen molar-refractivity contribution in [3.05, 3.63) is 35.3 Å². The molecule has 0 atom stereocenters. The van der Waals surface area contributed by atoms with E-state index >= 15 is 0 Å². The van der Waals surface area contributed by atoms with Gasteiger partial charge in [0.25, 0.3) is 0 Å². The van der Waals surface area contributed by atoms with E-state index in [2.05, 4.69) is 15.3 Å².